The Kier molecular flexibility index (Phi) is 6.67. The highest BCUT2D eigenvalue weighted by molar-refractivity contribution is 6.69. The Balaban J connectivity index is 1.56. The third kappa shape index (κ3) is 4.22. The van der Waals surface area contributed by atoms with Crippen LogP contribution in [-0.2, 0) is 14.1 Å². The second-order valence-corrected chi connectivity index (χ2v) is 16.6. The zero-order valence-electron chi connectivity index (χ0n) is 21.4. The van der Waals surface area contributed by atoms with Gasteiger partial charge < -0.3 is 14.1 Å². The first-order valence-electron chi connectivity index (χ1n) is 12.7. The maximum atomic E-state index is 6.30. The van der Waals surface area contributed by atoms with Gasteiger partial charge in [-0.1, -0.05) is 29.7 Å². The molecule has 3 fully saturated rings. The first kappa shape index (κ1) is 24.0. The zero-order chi connectivity index (χ0) is 23.1. The number of hydrogen-bond acceptors (Lipinski definition) is 5. The van der Waals surface area contributed by atoms with E-state index in [1.807, 2.05) is 0 Å². The van der Waals surface area contributed by atoms with Crippen LogP contribution in [0.2, 0.25) is 19.6 Å². The summed E-state index contributed by atoms with van der Waals surface area (Å²) >= 11 is 0. The predicted octanol–water partition coefficient (Wildman–Crippen LogP) is 6.42. The van der Waals surface area contributed by atoms with Crippen LogP contribution in [0.4, 0.5) is 0 Å². The second-order valence-electron chi connectivity index (χ2n) is 12.1. The lowest BCUT2D eigenvalue weighted by Gasteiger charge is -2.58. The third-order valence-corrected chi connectivity index (χ3v) is 10.5. The van der Waals surface area contributed by atoms with Crippen molar-refractivity contribution in [2.75, 3.05) is 20.8 Å². The van der Waals surface area contributed by atoms with Crippen LogP contribution in [0.25, 0.3) is 0 Å². The highest BCUT2D eigenvalue weighted by Gasteiger charge is 2.59. The van der Waals surface area contributed by atoms with Crippen LogP contribution < -0.4 is 0 Å². The Morgan fingerprint density at radius 2 is 1.78 bits per heavy atom. The molecule has 5 nitrogen and oxygen atoms in total. The largest absolute Gasteiger partial charge is 0.412 e. The van der Waals surface area contributed by atoms with E-state index in [2.05, 4.69) is 49.9 Å². The molecule has 0 saturated heterocycles. The molecule has 0 aromatic rings. The van der Waals surface area contributed by atoms with Gasteiger partial charge in [0.25, 0.3) is 0 Å². The fourth-order valence-electron chi connectivity index (χ4n) is 7.91. The lowest BCUT2D eigenvalue weighted by molar-refractivity contribution is -0.0415. The average molecular weight is 461 g/mol. The minimum atomic E-state index is -1.60. The van der Waals surface area contributed by atoms with Gasteiger partial charge in [-0.25, -0.2) is 0 Å². The van der Waals surface area contributed by atoms with Crippen LogP contribution in [0.15, 0.2) is 22.0 Å². The Labute approximate surface area is 196 Å². The summed E-state index contributed by atoms with van der Waals surface area (Å²) in [6, 6.07) is 0. The van der Waals surface area contributed by atoms with Gasteiger partial charge in [0.05, 0.1) is 18.0 Å². The molecule has 0 aromatic carbocycles. The standard InChI is InChI=1S/C26H44N2O3Si/c1-25-14-12-19(27-29-3)16-18(25)8-9-20-21-10-11-23(26(21,2)15-13-22(20)25)24(28-30-4)17-31-32(5,6)7/h16,20-23H,8-15,17H2,1-7H3/b27-19+,28-24-. The quantitative estimate of drug-likeness (QED) is 0.261. The predicted molar refractivity (Wildman–Crippen MR) is 133 cm³/mol. The van der Waals surface area contributed by atoms with Crippen LogP contribution in [-0.4, -0.2) is 40.6 Å². The number of hydrogen-bond donors (Lipinski definition) is 0. The molecule has 4 aliphatic carbocycles. The van der Waals surface area contributed by atoms with Gasteiger partial charge in [-0.15, -0.1) is 0 Å². The first-order chi connectivity index (χ1) is 15.1. The SMILES string of the molecule is CO/N=C1/C=C2CCC3C(CCC4(C)C(/C(CO[Si](C)(C)C)=N\OC)CCC34)C2(C)CC1. The van der Waals surface area contributed by atoms with Crippen molar-refractivity contribution in [3.8, 4) is 0 Å². The Morgan fingerprint density at radius 1 is 1.00 bits per heavy atom. The van der Waals surface area contributed by atoms with Crippen molar-refractivity contribution in [3.63, 3.8) is 0 Å². The van der Waals surface area contributed by atoms with Crippen LogP contribution in [0.1, 0.15) is 65.2 Å². The van der Waals surface area contributed by atoms with Crippen molar-refractivity contribution in [1.82, 2.24) is 0 Å². The summed E-state index contributed by atoms with van der Waals surface area (Å²) in [6.45, 7) is 12.5. The molecule has 32 heavy (non-hydrogen) atoms. The fourth-order valence-corrected chi connectivity index (χ4v) is 8.49. The smallest absolute Gasteiger partial charge is 0.184 e. The Hall–Kier alpha value is -1.14. The normalized spacial score (nSPS) is 40.9. The van der Waals surface area contributed by atoms with Gasteiger partial charge in [0.15, 0.2) is 8.32 Å². The number of allylic oxidation sites excluding steroid dienone is 2. The topological polar surface area (TPSA) is 52.4 Å². The monoisotopic (exact) mass is 460 g/mol. The van der Waals surface area contributed by atoms with Crippen LogP contribution >= 0.6 is 0 Å². The summed E-state index contributed by atoms with van der Waals surface area (Å²) in [5, 5.41) is 8.80. The minimum Gasteiger partial charge on any atom is -0.412 e. The van der Waals surface area contributed by atoms with Crippen molar-refractivity contribution in [3.05, 3.63) is 11.6 Å². The summed E-state index contributed by atoms with van der Waals surface area (Å²) in [5.74, 6) is 2.89. The van der Waals surface area contributed by atoms with Gasteiger partial charge in [0.2, 0.25) is 0 Å². The number of rotatable bonds is 6. The van der Waals surface area contributed by atoms with Gasteiger partial charge in [-0.05, 0) is 106 Å². The zero-order valence-corrected chi connectivity index (χ0v) is 22.4. The first-order valence-corrected chi connectivity index (χ1v) is 16.1. The lowest BCUT2D eigenvalue weighted by Crippen LogP contribution is -2.51. The van der Waals surface area contributed by atoms with E-state index in [0.717, 1.165) is 35.6 Å². The summed E-state index contributed by atoms with van der Waals surface area (Å²) in [6.07, 6.45) is 12.3. The van der Waals surface area contributed by atoms with E-state index in [9.17, 15) is 0 Å². The molecule has 0 heterocycles. The van der Waals surface area contributed by atoms with E-state index < -0.39 is 8.32 Å². The van der Waals surface area contributed by atoms with Crippen molar-refractivity contribution in [2.45, 2.75) is 84.9 Å². The van der Waals surface area contributed by atoms with E-state index in [0.29, 0.717) is 23.4 Å². The van der Waals surface area contributed by atoms with Gasteiger partial charge in [-0.2, -0.15) is 0 Å². The Bertz CT molecular complexity index is 801. The summed E-state index contributed by atoms with van der Waals surface area (Å²) in [5.41, 5.74) is 4.56. The van der Waals surface area contributed by atoms with Crippen molar-refractivity contribution in [1.29, 1.82) is 0 Å². The van der Waals surface area contributed by atoms with E-state index in [4.69, 9.17) is 14.1 Å². The molecule has 4 aliphatic rings. The molecule has 0 spiro atoms. The van der Waals surface area contributed by atoms with E-state index >= 15 is 0 Å². The maximum absolute atomic E-state index is 6.30. The van der Waals surface area contributed by atoms with Crippen molar-refractivity contribution in [2.24, 2.45) is 44.8 Å². The Morgan fingerprint density at radius 3 is 2.47 bits per heavy atom. The van der Waals surface area contributed by atoms with Crippen molar-refractivity contribution < 1.29 is 14.1 Å². The van der Waals surface area contributed by atoms with Gasteiger partial charge in [-0.3, -0.25) is 0 Å². The van der Waals surface area contributed by atoms with E-state index in [1.165, 1.54) is 44.9 Å². The van der Waals surface area contributed by atoms with Gasteiger partial charge in [0, 0.05) is 5.92 Å². The third-order valence-electron chi connectivity index (χ3n) is 9.45. The molecule has 0 bridgehead atoms. The molecule has 6 heteroatoms. The molecule has 6 atom stereocenters. The molecule has 0 radical (unpaired) electrons. The highest BCUT2D eigenvalue weighted by atomic mass is 28.4. The minimum absolute atomic E-state index is 0.316. The maximum Gasteiger partial charge on any atom is 0.184 e. The number of nitrogens with zero attached hydrogens (tertiary/aromatic N) is 2. The molecular formula is C26H44N2O3Si. The number of oxime groups is 2. The summed E-state index contributed by atoms with van der Waals surface area (Å²) in [7, 11) is 1.74. The fraction of sp³-hybridized carbons (Fsp3) is 0.846. The molecule has 4 rings (SSSR count). The molecular weight excluding hydrogens is 416 g/mol. The summed E-state index contributed by atoms with van der Waals surface area (Å²) in [4.78, 5) is 10.4. The molecule has 6 unspecified atom stereocenters. The summed E-state index contributed by atoms with van der Waals surface area (Å²) < 4.78 is 6.30. The molecule has 180 valence electrons. The second kappa shape index (κ2) is 8.90. The highest BCUT2D eigenvalue weighted by Crippen LogP contribution is 2.66. The molecule has 0 aromatic heterocycles. The van der Waals surface area contributed by atoms with Gasteiger partial charge in [0.1, 0.15) is 14.2 Å². The molecule has 0 aliphatic heterocycles. The van der Waals surface area contributed by atoms with Gasteiger partial charge >= 0.3 is 0 Å². The van der Waals surface area contributed by atoms with E-state index in [1.54, 1.807) is 19.8 Å². The average Bonchev–Trinajstić information content (AvgIpc) is 3.08. The number of fused-ring (bicyclic) bond motifs is 5. The lowest BCUT2D eigenvalue weighted by atomic mass is 9.46. The molecule has 3 saturated carbocycles. The van der Waals surface area contributed by atoms with Crippen LogP contribution in [0.3, 0.4) is 0 Å². The molecule has 0 amide bonds. The van der Waals surface area contributed by atoms with E-state index in [-0.39, 0.29) is 0 Å². The molecule has 0 N–H and O–H groups in total. The van der Waals surface area contributed by atoms with Crippen LogP contribution in [0, 0.1) is 34.5 Å². The van der Waals surface area contributed by atoms with Crippen LogP contribution in [0.5, 0.6) is 0 Å². The van der Waals surface area contributed by atoms with Crippen molar-refractivity contribution >= 4 is 19.7 Å².